The van der Waals surface area contributed by atoms with Crippen LogP contribution < -0.4 is 5.73 Å². The van der Waals surface area contributed by atoms with Crippen molar-refractivity contribution in [2.75, 3.05) is 39.5 Å². The Hall–Kier alpha value is -1.06. The number of rotatable bonds is 5. The second-order valence-corrected chi connectivity index (χ2v) is 6.04. The monoisotopic (exact) mass is 261 g/mol. The summed E-state index contributed by atoms with van der Waals surface area (Å²) in [6.07, 6.45) is 4.08. The Labute approximate surface area is 117 Å². The molecule has 1 aromatic rings. The molecule has 1 saturated heterocycles. The van der Waals surface area contributed by atoms with E-state index in [4.69, 9.17) is 5.73 Å². The lowest BCUT2D eigenvalue weighted by Gasteiger charge is -2.30. The van der Waals surface area contributed by atoms with Crippen molar-refractivity contribution in [3.63, 3.8) is 0 Å². The summed E-state index contributed by atoms with van der Waals surface area (Å²) in [6.45, 7) is 4.75. The van der Waals surface area contributed by atoms with E-state index >= 15 is 0 Å². The van der Waals surface area contributed by atoms with E-state index in [0.717, 1.165) is 18.2 Å². The van der Waals surface area contributed by atoms with Crippen LogP contribution in [0.4, 0.5) is 5.69 Å². The zero-order valence-electron chi connectivity index (χ0n) is 12.3. The Balaban J connectivity index is 1.72. The molecule has 1 aromatic carbocycles. The highest BCUT2D eigenvalue weighted by molar-refractivity contribution is 5.39. The first-order chi connectivity index (χ1) is 9.13. The zero-order valence-corrected chi connectivity index (χ0v) is 12.3. The molecule has 1 fully saturated rings. The van der Waals surface area contributed by atoms with Gasteiger partial charge >= 0.3 is 0 Å². The molecular weight excluding hydrogens is 234 g/mol. The minimum Gasteiger partial charge on any atom is -0.399 e. The summed E-state index contributed by atoms with van der Waals surface area (Å²) in [5.74, 6) is 0.882. The number of piperidine rings is 1. The van der Waals surface area contributed by atoms with Gasteiger partial charge in [-0.25, -0.2) is 0 Å². The molecule has 0 aromatic heterocycles. The lowest BCUT2D eigenvalue weighted by Crippen LogP contribution is -2.33. The van der Waals surface area contributed by atoms with Gasteiger partial charge in [0.2, 0.25) is 0 Å². The third-order valence-electron chi connectivity index (χ3n) is 4.07. The van der Waals surface area contributed by atoms with E-state index in [2.05, 4.69) is 36.0 Å². The van der Waals surface area contributed by atoms with Crippen molar-refractivity contribution < 1.29 is 0 Å². The topological polar surface area (TPSA) is 32.5 Å². The largest absolute Gasteiger partial charge is 0.399 e. The van der Waals surface area contributed by atoms with Crippen LogP contribution in [0.25, 0.3) is 0 Å². The van der Waals surface area contributed by atoms with Gasteiger partial charge in [0.15, 0.2) is 0 Å². The molecule has 0 spiro atoms. The van der Waals surface area contributed by atoms with Crippen molar-refractivity contribution in [2.24, 2.45) is 5.92 Å². The van der Waals surface area contributed by atoms with E-state index in [9.17, 15) is 0 Å². The molecule has 0 radical (unpaired) electrons. The summed E-state index contributed by atoms with van der Waals surface area (Å²) in [6, 6.07) is 8.22. The molecule has 1 aliphatic rings. The first-order valence-electron chi connectivity index (χ1n) is 7.35. The van der Waals surface area contributed by atoms with Crippen LogP contribution in [0.3, 0.4) is 0 Å². The van der Waals surface area contributed by atoms with E-state index in [1.807, 2.05) is 12.1 Å². The first-order valence-corrected chi connectivity index (χ1v) is 7.35. The third-order valence-corrected chi connectivity index (χ3v) is 4.07. The van der Waals surface area contributed by atoms with Crippen LogP contribution in [0.1, 0.15) is 24.8 Å². The number of hydrogen-bond donors (Lipinski definition) is 1. The van der Waals surface area contributed by atoms with E-state index in [1.165, 1.54) is 44.5 Å². The summed E-state index contributed by atoms with van der Waals surface area (Å²) in [5, 5.41) is 0. The SMILES string of the molecule is CN(CCC1CCCN(C)C1)Cc1ccc(N)cc1. The Kier molecular flexibility index (Phi) is 5.23. The lowest BCUT2D eigenvalue weighted by molar-refractivity contribution is 0.184. The summed E-state index contributed by atoms with van der Waals surface area (Å²) < 4.78 is 0. The maximum atomic E-state index is 5.71. The molecule has 1 unspecified atom stereocenters. The van der Waals surface area contributed by atoms with Gasteiger partial charge in [-0.05, 0) is 70.1 Å². The fourth-order valence-corrected chi connectivity index (χ4v) is 2.93. The molecule has 0 aliphatic carbocycles. The minimum atomic E-state index is 0.844. The van der Waals surface area contributed by atoms with Crippen LogP contribution in [0, 0.1) is 5.92 Å². The second kappa shape index (κ2) is 6.92. The minimum absolute atomic E-state index is 0.844. The average molecular weight is 261 g/mol. The van der Waals surface area contributed by atoms with Crippen molar-refractivity contribution in [1.29, 1.82) is 0 Å². The van der Waals surface area contributed by atoms with Gasteiger partial charge in [-0.2, -0.15) is 0 Å². The molecule has 2 N–H and O–H groups in total. The third kappa shape index (κ3) is 4.84. The van der Waals surface area contributed by atoms with Crippen LogP contribution in [0.5, 0.6) is 0 Å². The molecule has 2 rings (SSSR count). The Morgan fingerprint density at radius 1 is 1.32 bits per heavy atom. The van der Waals surface area contributed by atoms with Crippen molar-refractivity contribution in [3.8, 4) is 0 Å². The average Bonchev–Trinajstić information content (AvgIpc) is 2.39. The lowest BCUT2D eigenvalue weighted by atomic mass is 9.95. The number of nitrogens with zero attached hydrogens (tertiary/aromatic N) is 2. The van der Waals surface area contributed by atoms with E-state index < -0.39 is 0 Å². The van der Waals surface area contributed by atoms with Gasteiger partial charge in [0, 0.05) is 18.8 Å². The van der Waals surface area contributed by atoms with E-state index in [-0.39, 0.29) is 0 Å². The van der Waals surface area contributed by atoms with Gasteiger partial charge in [0.25, 0.3) is 0 Å². The molecule has 1 heterocycles. The van der Waals surface area contributed by atoms with Gasteiger partial charge in [-0.15, -0.1) is 0 Å². The smallest absolute Gasteiger partial charge is 0.0314 e. The van der Waals surface area contributed by atoms with Gasteiger partial charge in [0.1, 0.15) is 0 Å². The number of benzene rings is 1. The number of nitrogen functional groups attached to an aromatic ring is 1. The Bertz CT molecular complexity index is 374. The highest BCUT2D eigenvalue weighted by Gasteiger charge is 2.17. The molecule has 3 heteroatoms. The quantitative estimate of drug-likeness (QED) is 0.826. The van der Waals surface area contributed by atoms with Crippen LogP contribution in [0.15, 0.2) is 24.3 Å². The highest BCUT2D eigenvalue weighted by atomic mass is 15.1. The Morgan fingerprint density at radius 2 is 2.05 bits per heavy atom. The predicted molar refractivity (Wildman–Crippen MR) is 82.0 cm³/mol. The molecule has 0 amide bonds. The molecule has 0 bridgehead atoms. The molecule has 106 valence electrons. The van der Waals surface area contributed by atoms with Crippen LogP contribution in [-0.4, -0.2) is 43.5 Å². The van der Waals surface area contributed by atoms with Crippen LogP contribution in [-0.2, 0) is 6.54 Å². The van der Waals surface area contributed by atoms with E-state index in [0.29, 0.717) is 0 Å². The molecule has 19 heavy (non-hydrogen) atoms. The Morgan fingerprint density at radius 3 is 2.74 bits per heavy atom. The number of hydrogen-bond acceptors (Lipinski definition) is 3. The van der Waals surface area contributed by atoms with E-state index in [1.54, 1.807) is 0 Å². The molecule has 0 saturated carbocycles. The van der Waals surface area contributed by atoms with Crippen LogP contribution in [0.2, 0.25) is 0 Å². The van der Waals surface area contributed by atoms with Crippen molar-refractivity contribution >= 4 is 5.69 Å². The summed E-state index contributed by atoms with van der Waals surface area (Å²) in [5.41, 5.74) is 7.90. The van der Waals surface area contributed by atoms with Gasteiger partial charge in [-0.3, -0.25) is 0 Å². The number of likely N-dealkylation sites (tertiary alicyclic amines) is 1. The van der Waals surface area contributed by atoms with Gasteiger partial charge in [0.05, 0.1) is 0 Å². The fraction of sp³-hybridized carbons (Fsp3) is 0.625. The zero-order chi connectivity index (χ0) is 13.7. The highest BCUT2D eigenvalue weighted by Crippen LogP contribution is 2.19. The second-order valence-electron chi connectivity index (χ2n) is 6.04. The summed E-state index contributed by atoms with van der Waals surface area (Å²) in [7, 11) is 4.45. The first kappa shape index (κ1) is 14.4. The van der Waals surface area contributed by atoms with Crippen molar-refractivity contribution in [1.82, 2.24) is 9.80 Å². The van der Waals surface area contributed by atoms with Crippen LogP contribution >= 0.6 is 0 Å². The number of anilines is 1. The van der Waals surface area contributed by atoms with Gasteiger partial charge in [-0.1, -0.05) is 12.1 Å². The predicted octanol–water partition coefficient (Wildman–Crippen LogP) is 2.43. The van der Waals surface area contributed by atoms with Crippen molar-refractivity contribution in [2.45, 2.75) is 25.8 Å². The molecular formula is C16H27N3. The fourth-order valence-electron chi connectivity index (χ4n) is 2.93. The van der Waals surface area contributed by atoms with Crippen molar-refractivity contribution in [3.05, 3.63) is 29.8 Å². The molecule has 3 nitrogen and oxygen atoms in total. The number of nitrogens with two attached hydrogens (primary N) is 1. The summed E-state index contributed by atoms with van der Waals surface area (Å²) >= 11 is 0. The molecule has 1 aliphatic heterocycles. The molecule has 1 atom stereocenters. The standard InChI is InChI=1S/C16H27N3/c1-18-10-3-4-14(12-18)9-11-19(2)13-15-5-7-16(17)8-6-15/h5-8,14H,3-4,9-13,17H2,1-2H3. The summed E-state index contributed by atoms with van der Waals surface area (Å²) in [4.78, 5) is 4.88. The van der Waals surface area contributed by atoms with Gasteiger partial charge < -0.3 is 15.5 Å². The maximum Gasteiger partial charge on any atom is 0.0314 e. The maximum absolute atomic E-state index is 5.71. The normalized spacial score (nSPS) is 20.9.